The van der Waals surface area contributed by atoms with Gasteiger partial charge in [-0.25, -0.2) is 0 Å². The van der Waals surface area contributed by atoms with Gasteiger partial charge in [0.15, 0.2) is 5.75 Å². The zero-order chi connectivity index (χ0) is 15.6. The Kier molecular flexibility index (Phi) is 4.17. The van der Waals surface area contributed by atoms with Gasteiger partial charge >= 0.3 is 0 Å². The Bertz CT molecular complexity index is 678. The van der Waals surface area contributed by atoms with Gasteiger partial charge in [-0.3, -0.25) is 4.79 Å². The maximum Gasteiger partial charge on any atom is 0.252 e. The van der Waals surface area contributed by atoms with Crippen molar-refractivity contribution in [3.63, 3.8) is 0 Å². The lowest BCUT2D eigenvalue weighted by Crippen LogP contribution is -2.13. The molecule has 4 N–H and O–H groups in total. The molecule has 110 valence electrons. The van der Waals surface area contributed by atoms with Gasteiger partial charge in [0.1, 0.15) is 5.75 Å². The van der Waals surface area contributed by atoms with E-state index in [2.05, 4.69) is 13.8 Å². The van der Waals surface area contributed by atoms with Crippen LogP contribution < -0.4 is 16.2 Å². The number of rotatable bonds is 4. The summed E-state index contributed by atoms with van der Waals surface area (Å²) in [7, 11) is 0. The lowest BCUT2D eigenvalue weighted by Gasteiger charge is -2.17. The number of hydrogen-bond acceptors (Lipinski definition) is 3. The smallest absolute Gasteiger partial charge is 0.252 e. The molecule has 2 rings (SSSR count). The number of benzene rings is 2. The molecule has 0 aliphatic heterocycles. The van der Waals surface area contributed by atoms with Crippen LogP contribution in [0.4, 0.5) is 5.69 Å². The largest absolute Gasteiger partial charge is 0.454 e. The zero-order valence-corrected chi connectivity index (χ0v) is 12.5. The molecule has 0 spiro atoms. The number of aryl methyl sites for hydroxylation is 1. The highest BCUT2D eigenvalue weighted by Gasteiger charge is 2.16. The van der Waals surface area contributed by atoms with Gasteiger partial charge in [-0.05, 0) is 42.2 Å². The first kappa shape index (κ1) is 14.9. The molecule has 0 radical (unpaired) electrons. The third kappa shape index (κ3) is 3.16. The second kappa shape index (κ2) is 5.87. The summed E-state index contributed by atoms with van der Waals surface area (Å²) in [5.41, 5.74) is 14.1. The van der Waals surface area contributed by atoms with E-state index in [1.807, 2.05) is 25.1 Å². The lowest BCUT2D eigenvalue weighted by molar-refractivity contribution is 0.0998. The molecule has 0 heterocycles. The summed E-state index contributed by atoms with van der Waals surface area (Å²) in [6.07, 6.45) is 0. The third-order valence-electron chi connectivity index (χ3n) is 3.31. The van der Waals surface area contributed by atoms with Gasteiger partial charge in [0.05, 0.1) is 11.3 Å². The predicted octanol–water partition coefficient (Wildman–Crippen LogP) is 3.59. The van der Waals surface area contributed by atoms with E-state index in [-0.39, 0.29) is 5.56 Å². The van der Waals surface area contributed by atoms with Crippen LogP contribution in [0, 0.1) is 6.92 Å². The van der Waals surface area contributed by atoms with E-state index in [4.69, 9.17) is 16.2 Å². The first-order chi connectivity index (χ1) is 9.90. The summed E-state index contributed by atoms with van der Waals surface area (Å²) in [6.45, 7) is 6.15. The first-order valence-electron chi connectivity index (χ1n) is 6.87. The highest BCUT2D eigenvalue weighted by atomic mass is 16.5. The van der Waals surface area contributed by atoms with Gasteiger partial charge in [0.2, 0.25) is 0 Å². The normalized spacial score (nSPS) is 10.7. The van der Waals surface area contributed by atoms with Crippen LogP contribution in [0.5, 0.6) is 11.5 Å². The van der Waals surface area contributed by atoms with Gasteiger partial charge in [-0.15, -0.1) is 0 Å². The van der Waals surface area contributed by atoms with Crippen molar-refractivity contribution >= 4 is 11.6 Å². The van der Waals surface area contributed by atoms with E-state index < -0.39 is 5.91 Å². The second-order valence-corrected chi connectivity index (χ2v) is 5.39. The molecule has 4 heteroatoms. The number of nitrogen functional groups attached to an aromatic ring is 1. The SMILES string of the molecule is Cc1ccc(C(C)C)c(Oc2c(N)cccc2C(N)=O)c1. The van der Waals surface area contributed by atoms with Crippen LogP contribution >= 0.6 is 0 Å². The minimum atomic E-state index is -0.559. The minimum Gasteiger partial charge on any atom is -0.454 e. The molecule has 0 bridgehead atoms. The Balaban J connectivity index is 2.53. The van der Waals surface area contributed by atoms with Crippen LogP contribution in [0.25, 0.3) is 0 Å². The molecular formula is C17H20N2O2. The first-order valence-corrected chi connectivity index (χ1v) is 6.87. The van der Waals surface area contributed by atoms with Crippen LogP contribution in [0.1, 0.15) is 41.3 Å². The van der Waals surface area contributed by atoms with Crippen molar-refractivity contribution in [3.8, 4) is 11.5 Å². The van der Waals surface area contributed by atoms with Crippen molar-refractivity contribution < 1.29 is 9.53 Å². The summed E-state index contributed by atoms with van der Waals surface area (Å²) in [5, 5.41) is 0. The van der Waals surface area contributed by atoms with Gasteiger partial charge in [0, 0.05) is 0 Å². The zero-order valence-electron chi connectivity index (χ0n) is 12.5. The molecule has 0 saturated carbocycles. The van der Waals surface area contributed by atoms with Crippen molar-refractivity contribution in [1.29, 1.82) is 0 Å². The molecule has 0 unspecified atom stereocenters. The fourth-order valence-corrected chi connectivity index (χ4v) is 2.18. The third-order valence-corrected chi connectivity index (χ3v) is 3.31. The molecule has 0 aliphatic carbocycles. The fourth-order valence-electron chi connectivity index (χ4n) is 2.18. The number of nitrogens with two attached hydrogens (primary N) is 2. The topological polar surface area (TPSA) is 78.3 Å². The number of primary amides is 1. The Labute approximate surface area is 124 Å². The Morgan fingerprint density at radius 1 is 1.19 bits per heavy atom. The number of amides is 1. The van der Waals surface area contributed by atoms with Crippen LogP contribution in [0.3, 0.4) is 0 Å². The molecule has 1 amide bonds. The summed E-state index contributed by atoms with van der Waals surface area (Å²) in [6, 6.07) is 11.0. The minimum absolute atomic E-state index is 0.284. The number of anilines is 1. The quantitative estimate of drug-likeness (QED) is 0.842. The molecule has 0 aromatic heterocycles. The Hall–Kier alpha value is -2.49. The van der Waals surface area contributed by atoms with E-state index in [0.717, 1.165) is 11.1 Å². The van der Waals surface area contributed by atoms with Crippen LogP contribution in [0.15, 0.2) is 36.4 Å². The van der Waals surface area contributed by atoms with Gasteiger partial charge in [0.25, 0.3) is 5.91 Å². The number of para-hydroxylation sites is 1. The maximum absolute atomic E-state index is 11.5. The molecule has 4 nitrogen and oxygen atoms in total. The van der Waals surface area contributed by atoms with Crippen LogP contribution in [-0.4, -0.2) is 5.91 Å². The molecule has 21 heavy (non-hydrogen) atoms. The molecule has 0 fully saturated rings. The summed E-state index contributed by atoms with van der Waals surface area (Å²) in [5.74, 6) is 0.751. The van der Waals surface area contributed by atoms with Crippen molar-refractivity contribution in [3.05, 3.63) is 53.1 Å². The van der Waals surface area contributed by atoms with E-state index in [1.54, 1.807) is 18.2 Å². The van der Waals surface area contributed by atoms with Crippen molar-refractivity contribution in [2.45, 2.75) is 26.7 Å². The molecule has 0 saturated heterocycles. The molecular weight excluding hydrogens is 264 g/mol. The maximum atomic E-state index is 11.5. The van der Waals surface area contributed by atoms with Gasteiger partial charge in [-0.1, -0.05) is 32.0 Å². The lowest BCUT2D eigenvalue weighted by atomic mass is 10.0. The summed E-state index contributed by atoms with van der Waals surface area (Å²) < 4.78 is 5.95. The van der Waals surface area contributed by atoms with E-state index in [9.17, 15) is 4.79 Å². The average Bonchev–Trinajstić information content (AvgIpc) is 2.40. The highest BCUT2D eigenvalue weighted by molar-refractivity contribution is 5.97. The van der Waals surface area contributed by atoms with Crippen molar-refractivity contribution in [2.75, 3.05) is 5.73 Å². The summed E-state index contributed by atoms with van der Waals surface area (Å²) >= 11 is 0. The number of carbonyl (C=O) groups excluding carboxylic acids is 1. The van der Waals surface area contributed by atoms with Gasteiger partial charge < -0.3 is 16.2 Å². The number of ether oxygens (including phenoxy) is 1. The molecule has 2 aromatic rings. The average molecular weight is 284 g/mol. The Morgan fingerprint density at radius 3 is 2.52 bits per heavy atom. The molecule has 0 aliphatic rings. The summed E-state index contributed by atoms with van der Waals surface area (Å²) in [4.78, 5) is 11.5. The molecule has 2 aromatic carbocycles. The number of hydrogen-bond donors (Lipinski definition) is 2. The van der Waals surface area contributed by atoms with Crippen LogP contribution in [0.2, 0.25) is 0 Å². The Morgan fingerprint density at radius 2 is 1.90 bits per heavy atom. The molecule has 0 atom stereocenters. The number of carbonyl (C=O) groups is 1. The van der Waals surface area contributed by atoms with E-state index in [0.29, 0.717) is 23.1 Å². The van der Waals surface area contributed by atoms with E-state index in [1.165, 1.54) is 0 Å². The van der Waals surface area contributed by atoms with Crippen molar-refractivity contribution in [1.82, 2.24) is 0 Å². The predicted molar refractivity (Wildman–Crippen MR) is 84.7 cm³/mol. The van der Waals surface area contributed by atoms with E-state index >= 15 is 0 Å². The van der Waals surface area contributed by atoms with Gasteiger partial charge in [-0.2, -0.15) is 0 Å². The van der Waals surface area contributed by atoms with Crippen LogP contribution in [-0.2, 0) is 0 Å². The monoisotopic (exact) mass is 284 g/mol. The fraction of sp³-hybridized carbons (Fsp3) is 0.235. The highest BCUT2D eigenvalue weighted by Crippen LogP contribution is 2.36. The van der Waals surface area contributed by atoms with Crippen molar-refractivity contribution in [2.24, 2.45) is 5.73 Å². The second-order valence-electron chi connectivity index (χ2n) is 5.39. The standard InChI is InChI=1S/C17H20N2O2/c1-10(2)12-8-7-11(3)9-15(12)21-16-13(17(19)20)5-4-6-14(16)18/h4-10H,18H2,1-3H3,(H2,19,20).